The number of rotatable bonds is 7. The highest BCUT2D eigenvalue weighted by Gasteiger charge is 2.52. The van der Waals surface area contributed by atoms with Gasteiger partial charge in [-0.2, -0.15) is 0 Å². The highest BCUT2D eigenvalue weighted by molar-refractivity contribution is 5.23. The van der Waals surface area contributed by atoms with E-state index in [0.717, 1.165) is 5.57 Å². The molecule has 23 heavy (non-hydrogen) atoms. The topological polar surface area (TPSA) is 77.4 Å². The number of allylic oxidation sites excluding steroid dienone is 3. The van der Waals surface area contributed by atoms with Crippen LogP contribution in [0.4, 0.5) is 0 Å². The molecule has 2 fully saturated rings. The van der Waals surface area contributed by atoms with Crippen LogP contribution in [-0.4, -0.2) is 60.4 Å². The zero-order chi connectivity index (χ0) is 16.9. The normalized spacial score (nSPS) is 33.1. The zero-order valence-electron chi connectivity index (χ0n) is 13.8. The summed E-state index contributed by atoms with van der Waals surface area (Å²) < 4.78 is 22.7. The number of aliphatic hydroxyl groups is 2. The molecular formula is C17H26O6. The van der Waals surface area contributed by atoms with Crippen molar-refractivity contribution < 1.29 is 29.2 Å². The predicted octanol–water partition coefficient (Wildman–Crippen LogP) is 1.29. The molecule has 0 aromatic heterocycles. The molecule has 0 unspecified atom stereocenters. The molecule has 2 saturated heterocycles. The van der Waals surface area contributed by atoms with Gasteiger partial charge < -0.3 is 29.2 Å². The first-order valence-corrected chi connectivity index (χ1v) is 7.84. The molecule has 0 spiro atoms. The lowest BCUT2D eigenvalue weighted by atomic mass is 10.0. The van der Waals surface area contributed by atoms with Crippen molar-refractivity contribution in [1.82, 2.24) is 0 Å². The van der Waals surface area contributed by atoms with Gasteiger partial charge in [-0.15, -0.1) is 0 Å². The molecule has 6 heteroatoms. The Hall–Kier alpha value is -1.02. The van der Waals surface area contributed by atoms with Gasteiger partial charge >= 0.3 is 0 Å². The third-order valence-corrected chi connectivity index (χ3v) is 3.62. The van der Waals surface area contributed by atoms with Crippen molar-refractivity contribution in [3.63, 3.8) is 0 Å². The van der Waals surface area contributed by atoms with Gasteiger partial charge in [0.15, 0.2) is 12.1 Å². The highest BCUT2D eigenvalue weighted by Crippen LogP contribution is 2.41. The van der Waals surface area contributed by atoms with Crippen molar-refractivity contribution in [3.05, 3.63) is 36.0 Å². The van der Waals surface area contributed by atoms with E-state index in [2.05, 4.69) is 0 Å². The molecule has 2 aliphatic heterocycles. The van der Waals surface area contributed by atoms with Crippen LogP contribution in [0.2, 0.25) is 0 Å². The van der Waals surface area contributed by atoms with Gasteiger partial charge in [-0.05, 0) is 26.3 Å². The Morgan fingerprint density at radius 2 is 2.04 bits per heavy atom. The number of ether oxygens (including phenoxy) is 4. The minimum Gasteiger partial charge on any atom is -0.394 e. The summed E-state index contributed by atoms with van der Waals surface area (Å²) in [5.74, 6) is -0.736. The van der Waals surface area contributed by atoms with E-state index in [-0.39, 0.29) is 0 Å². The fourth-order valence-corrected chi connectivity index (χ4v) is 2.62. The number of hydrogen-bond donors (Lipinski definition) is 2. The van der Waals surface area contributed by atoms with Gasteiger partial charge in [0.25, 0.3) is 0 Å². The van der Waals surface area contributed by atoms with Gasteiger partial charge in [0.2, 0.25) is 0 Å². The lowest BCUT2D eigenvalue weighted by Crippen LogP contribution is -2.34. The fraction of sp³-hybridized carbons (Fsp3) is 0.647. The SMILES string of the molecule is C/C=C/C=C\COC/C=C1\[C@H]2OC(C)(C)O[C@H]2O[C@@H]1[C@H](O)CO. The van der Waals surface area contributed by atoms with Crippen LogP contribution in [-0.2, 0) is 18.9 Å². The molecule has 0 radical (unpaired) electrons. The smallest absolute Gasteiger partial charge is 0.191 e. The van der Waals surface area contributed by atoms with E-state index < -0.39 is 37.0 Å². The maximum absolute atomic E-state index is 9.93. The summed E-state index contributed by atoms with van der Waals surface area (Å²) in [4.78, 5) is 0. The van der Waals surface area contributed by atoms with Crippen LogP contribution in [0.15, 0.2) is 36.0 Å². The number of hydrogen-bond acceptors (Lipinski definition) is 6. The summed E-state index contributed by atoms with van der Waals surface area (Å²) in [6, 6.07) is 0. The lowest BCUT2D eigenvalue weighted by Gasteiger charge is -2.23. The largest absolute Gasteiger partial charge is 0.394 e. The van der Waals surface area contributed by atoms with Crippen LogP contribution in [0.5, 0.6) is 0 Å². The minimum absolute atomic E-state index is 0.362. The first-order valence-electron chi connectivity index (χ1n) is 7.84. The summed E-state index contributed by atoms with van der Waals surface area (Å²) >= 11 is 0. The van der Waals surface area contributed by atoms with Crippen LogP contribution in [0.25, 0.3) is 0 Å². The van der Waals surface area contributed by atoms with E-state index in [9.17, 15) is 10.2 Å². The standard InChI is InChI=1S/C17H26O6/c1-4-5-6-7-9-20-10-8-12-14(13(19)11-18)21-16-15(12)22-17(2,3)23-16/h4-8,13-16,18-19H,9-11H2,1-3H3/b5-4+,7-6-,12-8-/t13-,14+,15-,16-/m1/s1. The van der Waals surface area contributed by atoms with E-state index >= 15 is 0 Å². The van der Waals surface area contributed by atoms with E-state index in [1.54, 1.807) is 0 Å². The van der Waals surface area contributed by atoms with Crippen molar-refractivity contribution in [2.24, 2.45) is 0 Å². The van der Waals surface area contributed by atoms with Gasteiger partial charge in [-0.1, -0.05) is 30.4 Å². The number of fused-ring (bicyclic) bond motifs is 1. The summed E-state index contributed by atoms with van der Waals surface area (Å²) in [7, 11) is 0. The summed E-state index contributed by atoms with van der Waals surface area (Å²) in [6.07, 6.45) is 6.90. The van der Waals surface area contributed by atoms with E-state index in [0.29, 0.717) is 13.2 Å². The first-order chi connectivity index (χ1) is 11.0. The molecular weight excluding hydrogens is 300 g/mol. The first kappa shape index (κ1) is 18.3. The summed E-state index contributed by atoms with van der Waals surface area (Å²) in [6.45, 7) is 6.03. The Morgan fingerprint density at radius 1 is 1.26 bits per heavy atom. The van der Waals surface area contributed by atoms with Crippen LogP contribution >= 0.6 is 0 Å². The lowest BCUT2D eigenvalue weighted by molar-refractivity contribution is -0.209. The molecule has 0 bridgehead atoms. The van der Waals surface area contributed by atoms with Gasteiger partial charge in [0.05, 0.1) is 19.8 Å². The highest BCUT2D eigenvalue weighted by atomic mass is 16.8. The van der Waals surface area contributed by atoms with Crippen LogP contribution in [0.1, 0.15) is 20.8 Å². The summed E-state index contributed by atoms with van der Waals surface area (Å²) in [5, 5.41) is 19.1. The summed E-state index contributed by atoms with van der Waals surface area (Å²) in [5.41, 5.74) is 0.750. The van der Waals surface area contributed by atoms with Gasteiger partial charge in [0.1, 0.15) is 18.3 Å². The molecule has 0 saturated carbocycles. The Balaban J connectivity index is 1.97. The second kappa shape index (κ2) is 8.19. The van der Waals surface area contributed by atoms with E-state index in [4.69, 9.17) is 18.9 Å². The van der Waals surface area contributed by atoms with Crippen LogP contribution < -0.4 is 0 Å². The number of aliphatic hydroxyl groups excluding tert-OH is 2. The zero-order valence-corrected chi connectivity index (χ0v) is 13.8. The Kier molecular flexibility index (Phi) is 6.52. The molecule has 2 heterocycles. The third kappa shape index (κ3) is 4.73. The predicted molar refractivity (Wildman–Crippen MR) is 84.6 cm³/mol. The minimum atomic E-state index is -1.02. The van der Waals surface area contributed by atoms with Gasteiger partial charge in [0, 0.05) is 0 Å². The quantitative estimate of drug-likeness (QED) is 0.417. The molecule has 4 atom stereocenters. The Bertz CT molecular complexity index is 468. The van der Waals surface area contributed by atoms with Crippen molar-refractivity contribution in [2.75, 3.05) is 19.8 Å². The van der Waals surface area contributed by atoms with Gasteiger partial charge in [-0.25, -0.2) is 0 Å². The monoisotopic (exact) mass is 326 g/mol. The second-order valence-electron chi connectivity index (χ2n) is 5.93. The molecule has 2 rings (SSSR count). The average Bonchev–Trinajstić information content (AvgIpc) is 2.98. The second-order valence-corrected chi connectivity index (χ2v) is 5.93. The van der Waals surface area contributed by atoms with Crippen LogP contribution in [0, 0.1) is 0 Å². The Morgan fingerprint density at radius 3 is 2.74 bits per heavy atom. The fourth-order valence-electron chi connectivity index (χ4n) is 2.62. The molecule has 2 N–H and O–H groups in total. The third-order valence-electron chi connectivity index (χ3n) is 3.62. The van der Waals surface area contributed by atoms with Crippen molar-refractivity contribution in [2.45, 2.75) is 51.2 Å². The average molecular weight is 326 g/mol. The molecule has 6 nitrogen and oxygen atoms in total. The molecule has 130 valence electrons. The van der Waals surface area contributed by atoms with Gasteiger partial charge in [-0.3, -0.25) is 0 Å². The molecule has 0 aromatic carbocycles. The van der Waals surface area contributed by atoms with E-state index in [1.807, 2.05) is 51.2 Å². The van der Waals surface area contributed by atoms with Crippen LogP contribution in [0.3, 0.4) is 0 Å². The van der Waals surface area contributed by atoms with Crippen molar-refractivity contribution in [1.29, 1.82) is 0 Å². The molecule has 0 amide bonds. The van der Waals surface area contributed by atoms with Crippen molar-refractivity contribution in [3.8, 4) is 0 Å². The maximum atomic E-state index is 9.93. The molecule has 0 aliphatic carbocycles. The Labute approximate surface area is 137 Å². The maximum Gasteiger partial charge on any atom is 0.191 e. The van der Waals surface area contributed by atoms with Crippen molar-refractivity contribution >= 4 is 0 Å². The van der Waals surface area contributed by atoms with E-state index in [1.165, 1.54) is 0 Å². The molecule has 2 aliphatic rings. The molecule has 0 aromatic rings.